The van der Waals surface area contributed by atoms with Crippen molar-refractivity contribution in [2.75, 3.05) is 23.4 Å². The van der Waals surface area contributed by atoms with Crippen molar-refractivity contribution in [3.8, 4) is 0 Å². The number of carbonyl (C=O) groups is 1. The minimum Gasteiger partial charge on any atom is -0.352 e. The van der Waals surface area contributed by atoms with Crippen LogP contribution in [-0.2, 0) is 16.0 Å². The molecule has 2 aromatic rings. The van der Waals surface area contributed by atoms with E-state index in [0.29, 0.717) is 17.1 Å². The molecule has 0 bridgehead atoms. The summed E-state index contributed by atoms with van der Waals surface area (Å²) in [7, 11) is -3.14. The Morgan fingerprint density at radius 1 is 1.28 bits per heavy atom. The third-order valence-electron chi connectivity index (χ3n) is 4.43. The summed E-state index contributed by atoms with van der Waals surface area (Å²) in [5.41, 5.74) is -1.33. The van der Waals surface area contributed by atoms with Crippen molar-refractivity contribution in [1.82, 2.24) is 10.3 Å². The van der Waals surface area contributed by atoms with Crippen LogP contribution in [0.5, 0.6) is 0 Å². The highest BCUT2D eigenvalue weighted by Gasteiger charge is 2.36. The van der Waals surface area contributed by atoms with E-state index >= 15 is 0 Å². The minimum absolute atomic E-state index is 0.0160. The van der Waals surface area contributed by atoms with Crippen LogP contribution in [0.15, 0.2) is 36.5 Å². The van der Waals surface area contributed by atoms with Crippen LogP contribution < -0.4 is 10.6 Å². The summed E-state index contributed by atoms with van der Waals surface area (Å²) in [5.74, 6) is -1.43. The Morgan fingerprint density at radius 3 is 2.66 bits per heavy atom. The molecule has 1 amide bonds. The number of alkyl halides is 3. The second-order valence-electron chi connectivity index (χ2n) is 6.73. The fraction of sp³-hybridized carbons (Fsp3) is 0.333. The smallest absolute Gasteiger partial charge is 0.352 e. The van der Waals surface area contributed by atoms with Gasteiger partial charge in [-0.1, -0.05) is 17.7 Å². The number of pyridine rings is 1. The summed E-state index contributed by atoms with van der Waals surface area (Å²) in [6.45, 7) is -0.0160. The molecule has 3 rings (SSSR count). The second kappa shape index (κ2) is 8.19. The number of hydrogen-bond donors (Lipinski definition) is 2. The van der Waals surface area contributed by atoms with Gasteiger partial charge in [0.25, 0.3) is 5.91 Å². The Hall–Kier alpha value is -2.33. The number of benzene rings is 1. The number of sulfone groups is 1. The van der Waals surface area contributed by atoms with Gasteiger partial charge >= 0.3 is 6.18 Å². The maximum atomic E-state index is 13.5. The molecule has 0 spiro atoms. The van der Waals surface area contributed by atoms with Crippen LogP contribution in [0.2, 0.25) is 5.02 Å². The molecule has 1 aliphatic heterocycles. The van der Waals surface area contributed by atoms with Crippen LogP contribution in [0.4, 0.5) is 24.7 Å². The number of nitrogens with one attached hydrogen (secondary N) is 2. The molecule has 1 fully saturated rings. The lowest BCUT2D eigenvalue weighted by Gasteiger charge is -2.16. The van der Waals surface area contributed by atoms with E-state index in [9.17, 15) is 26.4 Å². The maximum absolute atomic E-state index is 13.5. The quantitative estimate of drug-likeness (QED) is 0.730. The minimum atomic E-state index is -4.78. The third-order valence-corrected chi connectivity index (χ3v) is 6.50. The highest BCUT2D eigenvalue weighted by Crippen LogP contribution is 2.34. The molecule has 11 heteroatoms. The molecule has 2 N–H and O–H groups in total. The first-order chi connectivity index (χ1) is 13.5. The zero-order chi connectivity index (χ0) is 21.2. The van der Waals surface area contributed by atoms with Gasteiger partial charge in [0.2, 0.25) is 0 Å². The zero-order valence-corrected chi connectivity index (χ0v) is 16.5. The Kier molecular flexibility index (Phi) is 6.04. The van der Waals surface area contributed by atoms with Gasteiger partial charge in [-0.2, -0.15) is 13.2 Å². The molecule has 156 valence electrons. The van der Waals surface area contributed by atoms with E-state index in [1.54, 1.807) is 18.2 Å². The fourth-order valence-corrected chi connectivity index (χ4v) is 5.07. The van der Waals surface area contributed by atoms with E-state index in [-0.39, 0.29) is 29.8 Å². The first kappa shape index (κ1) is 21.4. The van der Waals surface area contributed by atoms with E-state index < -0.39 is 33.0 Å². The SMILES string of the molecule is O=C(NCC1CCS(=O)(=O)C1)c1cnc(Nc2cccc(Cl)c2)cc1C(F)(F)F. The van der Waals surface area contributed by atoms with Gasteiger partial charge in [0.05, 0.1) is 22.6 Å². The monoisotopic (exact) mass is 447 g/mol. The Labute approximate surface area is 170 Å². The summed E-state index contributed by atoms with van der Waals surface area (Å²) < 4.78 is 63.4. The van der Waals surface area contributed by atoms with E-state index in [2.05, 4.69) is 15.6 Å². The average Bonchev–Trinajstić information content (AvgIpc) is 2.98. The standard InChI is InChI=1S/C18H17ClF3N3O3S/c19-12-2-1-3-13(6-12)25-16-7-15(18(20,21)22)14(9-23-16)17(26)24-8-11-4-5-29(27,28)10-11/h1-3,6-7,9,11H,4-5,8,10H2,(H,23,25)(H,24,26). The van der Waals surface area contributed by atoms with Gasteiger partial charge in [-0.3, -0.25) is 4.79 Å². The Balaban J connectivity index is 1.78. The van der Waals surface area contributed by atoms with Crippen molar-refractivity contribution in [2.24, 2.45) is 5.92 Å². The van der Waals surface area contributed by atoms with Gasteiger partial charge < -0.3 is 10.6 Å². The molecule has 1 saturated heterocycles. The molecule has 1 aromatic heterocycles. The van der Waals surface area contributed by atoms with Crippen molar-refractivity contribution in [1.29, 1.82) is 0 Å². The molecule has 1 aromatic carbocycles. The molecule has 29 heavy (non-hydrogen) atoms. The summed E-state index contributed by atoms with van der Waals surface area (Å²) in [5, 5.41) is 5.50. The van der Waals surface area contributed by atoms with E-state index in [0.717, 1.165) is 12.3 Å². The van der Waals surface area contributed by atoms with Crippen LogP contribution in [-0.4, -0.2) is 37.4 Å². The molecule has 0 radical (unpaired) electrons. The number of halogens is 4. The lowest BCUT2D eigenvalue weighted by molar-refractivity contribution is -0.137. The Bertz CT molecular complexity index is 1030. The largest absolute Gasteiger partial charge is 0.417 e. The first-order valence-electron chi connectivity index (χ1n) is 8.62. The summed E-state index contributed by atoms with van der Waals surface area (Å²) in [6.07, 6.45) is -3.57. The number of carbonyl (C=O) groups excluding carboxylic acids is 1. The number of aromatic nitrogens is 1. The van der Waals surface area contributed by atoms with E-state index in [1.165, 1.54) is 6.07 Å². The van der Waals surface area contributed by atoms with Crippen molar-refractivity contribution in [2.45, 2.75) is 12.6 Å². The number of hydrogen-bond acceptors (Lipinski definition) is 5. The number of rotatable bonds is 5. The van der Waals surface area contributed by atoms with Gasteiger partial charge in [-0.15, -0.1) is 0 Å². The molecule has 2 heterocycles. The maximum Gasteiger partial charge on any atom is 0.417 e. The highest BCUT2D eigenvalue weighted by molar-refractivity contribution is 7.91. The van der Waals surface area contributed by atoms with Crippen molar-refractivity contribution < 1.29 is 26.4 Å². The van der Waals surface area contributed by atoms with Crippen molar-refractivity contribution in [3.05, 3.63) is 52.7 Å². The summed E-state index contributed by atoms with van der Waals surface area (Å²) in [6, 6.07) is 7.12. The van der Waals surface area contributed by atoms with Gasteiger partial charge in [0.15, 0.2) is 9.84 Å². The lowest BCUT2D eigenvalue weighted by atomic mass is 10.1. The molecule has 0 aliphatic carbocycles. The van der Waals surface area contributed by atoms with Gasteiger partial charge in [-0.25, -0.2) is 13.4 Å². The second-order valence-corrected chi connectivity index (χ2v) is 9.39. The van der Waals surface area contributed by atoms with Crippen LogP contribution in [0, 0.1) is 5.92 Å². The normalized spacial score (nSPS) is 18.4. The van der Waals surface area contributed by atoms with Gasteiger partial charge in [-0.05, 0) is 36.6 Å². The number of nitrogens with zero attached hydrogens (tertiary/aromatic N) is 1. The fourth-order valence-electron chi connectivity index (χ4n) is 3.02. The van der Waals surface area contributed by atoms with E-state index in [1.807, 2.05) is 0 Å². The first-order valence-corrected chi connectivity index (χ1v) is 10.8. The third kappa shape index (κ3) is 5.60. The summed E-state index contributed by atoms with van der Waals surface area (Å²) >= 11 is 5.86. The van der Waals surface area contributed by atoms with Gasteiger partial charge in [0.1, 0.15) is 5.82 Å². The number of amides is 1. The highest BCUT2D eigenvalue weighted by atomic mass is 35.5. The summed E-state index contributed by atoms with van der Waals surface area (Å²) in [4.78, 5) is 16.2. The van der Waals surface area contributed by atoms with Crippen molar-refractivity contribution in [3.63, 3.8) is 0 Å². The molecule has 1 atom stereocenters. The zero-order valence-electron chi connectivity index (χ0n) is 15.0. The van der Waals surface area contributed by atoms with Crippen LogP contribution in [0.3, 0.4) is 0 Å². The van der Waals surface area contributed by atoms with Crippen LogP contribution in [0.25, 0.3) is 0 Å². The van der Waals surface area contributed by atoms with E-state index in [4.69, 9.17) is 11.6 Å². The molecule has 1 unspecified atom stereocenters. The van der Waals surface area contributed by atoms with Crippen LogP contribution >= 0.6 is 11.6 Å². The van der Waals surface area contributed by atoms with Crippen molar-refractivity contribution >= 4 is 38.9 Å². The van der Waals surface area contributed by atoms with Gasteiger partial charge in [0, 0.05) is 23.5 Å². The topological polar surface area (TPSA) is 88.2 Å². The molecule has 0 saturated carbocycles. The Morgan fingerprint density at radius 2 is 2.03 bits per heavy atom. The molecular weight excluding hydrogens is 431 g/mol. The predicted octanol–water partition coefficient (Wildman–Crippen LogP) is 3.66. The predicted molar refractivity (Wildman–Crippen MR) is 103 cm³/mol. The number of anilines is 2. The van der Waals surface area contributed by atoms with Crippen LogP contribution in [0.1, 0.15) is 22.3 Å². The molecule has 1 aliphatic rings. The molecular formula is C18H17ClF3N3O3S. The molecule has 6 nitrogen and oxygen atoms in total. The lowest BCUT2D eigenvalue weighted by Crippen LogP contribution is -2.31. The average molecular weight is 448 g/mol.